The van der Waals surface area contributed by atoms with Gasteiger partial charge in [-0.15, -0.1) is 0 Å². The minimum absolute atomic E-state index is 0.00605. The van der Waals surface area contributed by atoms with Crippen LogP contribution in [0, 0.1) is 0 Å². The van der Waals surface area contributed by atoms with Crippen molar-refractivity contribution >= 4 is 15.9 Å². The molecule has 4 rings (SSSR count). The highest BCUT2D eigenvalue weighted by molar-refractivity contribution is 7.89. The van der Waals surface area contributed by atoms with Gasteiger partial charge in [0.1, 0.15) is 0 Å². The maximum Gasteiger partial charge on any atom is 0.416 e. The molecule has 1 aromatic heterocycles. The van der Waals surface area contributed by atoms with Crippen LogP contribution >= 0.6 is 0 Å². The first-order valence-electron chi connectivity index (χ1n) is 8.50. The molecule has 2 aliphatic rings. The SMILES string of the molecule is CC12CN(S(=O)(=O)c3cccc(C(F)(F)F)c3)CCN1C(=O)c1cccnc12. The van der Waals surface area contributed by atoms with E-state index in [1.165, 1.54) is 6.20 Å². The lowest BCUT2D eigenvalue weighted by molar-refractivity contribution is -0.137. The highest BCUT2D eigenvalue weighted by atomic mass is 32.2. The molecule has 1 saturated heterocycles. The number of hydrogen-bond donors (Lipinski definition) is 0. The van der Waals surface area contributed by atoms with E-state index in [-0.39, 0.29) is 25.5 Å². The van der Waals surface area contributed by atoms with Crippen molar-refractivity contribution in [3.8, 4) is 0 Å². The highest BCUT2D eigenvalue weighted by Gasteiger charge is 2.52. The maximum atomic E-state index is 13.0. The standard InChI is InChI=1S/C18H16F3N3O3S/c1-17-11-23(8-9-24(17)16(25)14-6-3-7-22-15(14)17)28(26,27)13-5-2-4-12(10-13)18(19,20)21/h2-7,10H,8-9,11H2,1H3. The van der Waals surface area contributed by atoms with E-state index in [9.17, 15) is 26.4 Å². The number of fused-ring (bicyclic) bond motifs is 3. The van der Waals surface area contributed by atoms with Gasteiger partial charge in [0.2, 0.25) is 10.0 Å². The summed E-state index contributed by atoms with van der Waals surface area (Å²) in [6.45, 7) is 1.76. The molecule has 0 saturated carbocycles. The van der Waals surface area contributed by atoms with Gasteiger partial charge < -0.3 is 4.90 Å². The zero-order chi connectivity index (χ0) is 20.3. The number of alkyl halides is 3. The Morgan fingerprint density at radius 3 is 2.61 bits per heavy atom. The lowest BCUT2D eigenvalue weighted by Crippen LogP contribution is -2.58. The van der Waals surface area contributed by atoms with Crippen molar-refractivity contribution in [2.75, 3.05) is 19.6 Å². The molecule has 2 aliphatic heterocycles. The van der Waals surface area contributed by atoms with Gasteiger partial charge in [0, 0.05) is 25.8 Å². The van der Waals surface area contributed by atoms with E-state index >= 15 is 0 Å². The lowest BCUT2D eigenvalue weighted by Gasteiger charge is -2.44. The van der Waals surface area contributed by atoms with Crippen LogP contribution in [-0.4, -0.2) is 48.1 Å². The second kappa shape index (κ2) is 6.02. The van der Waals surface area contributed by atoms with Crippen LogP contribution in [0.15, 0.2) is 47.5 Å². The van der Waals surface area contributed by atoms with Crippen molar-refractivity contribution in [1.29, 1.82) is 0 Å². The molecule has 0 N–H and O–H groups in total. The third kappa shape index (κ3) is 2.70. The van der Waals surface area contributed by atoms with Gasteiger partial charge in [0.05, 0.1) is 27.3 Å². The molecule has 148 valence electrons. The van der Waals surface area contributed by atoms with Gasteiger partial charge in [-0.05, 0) is 37.3 Å². The molecule has 1 amide bonds. The summed E-state index contributed by atoms with van der Waals surface area (Å²) in [7, 11) is -4.17. The summed E-state index contributed by atoms with van der Waals surface area (Å²) in [6.07, 6.45) is -3.11. The number of aromatic nitrogens is 1. The zero-order valence-electron chi connectivity index (χ0n) is 14.8. The molecule has 1 unspecified atom stereocenters. The van der Waals surface area contributed by atoms with Crippen LogP contribution in [0.25, 0.3) is 0 Å². The molecule has 1 atom stereocenters. The number of benzene rings is 1. The summed E-state index contributed by atoms with van der Waals surface area (Å²) in [4.78, 5) is 18.0. The fourth-order valence-corrected chi connectivity index (χ4v) is 5.40. The number of pyridine rings is 1. The van der Waals surface area contributed by atoms with Crippen LogP contribution < -0.4 is 0 Å². The predicted octanol–water partition coefficient (Wildman–Crippen LogP) is 2.48. The van der Waals surface area contributed by atoms with Crippen molar-refractivity contribution in [2.24, 2.45) is 0 Å². The Hall–Kier alpha value is -2.46. The average molecular weight is 411 g/mol. The van der Waals surface area contributed by atoms with Crippen molar-refractivity contribution in [1.82, 2.24) is 14.2 Å². The van der Waals surface area contributed by atoms with Gasteiger partial charge in [-0.1, -0.05) is 6.07 Å². The molecular weight excluding hydrogens is 395 g/mol. The monoisotopic (exact) mass is 411 g/mol. The Balaban J connectivity index is 1.72. The van der Waals surface area contributed by atoms with E-state index in [2.05, 4.69) is 4.98 Å². The van der Waals surface area contributed by atoms with Crippen LogP contribution in [-0.2, 0) is 21.7 Å². The molecule has 6 nitrogen and oxygen atoms in total. The van der Waals surface area contributed by atoms with Crippen LogP contribution in [0.2, 0.25) is 0 Å². The van der Waals surface area contributed by atoms with E-state index in [1.54, 1.807) is 24.0 Å². The third-order valence-electron chi connectivity index (χ3n) is 5.25. The Morgan fingerprint density at radius 1 is 1.14 bits per heavy atom. The van der Waals surface area contributed by atoms with E-state index in [4.69, 9.17) is 0 Å². The zero-order valence-corrected chi connectivity index (χ0v) is 15.6. The normalized spacial score (nSPS) is 22.9. The fourth-order valence-electron chi connectivity index (χ4n) is 3.83. The number of carbonyl (C=O) groups is 1. The summed E-state index contributed by atoms with van der Waals surface area (Å²) in [5.74, 6) is -0.221. The van der Waals surface area contributed by atoms with Crippen molar-refractivity contribution in [2.45, 2.75) is 23.5 Å². The first-order valence-corrected chi connectivity index (χ1v) is 9.94. The van der Waals surface area contributed by atoms with Crippen molar-refractivity contribution in [3.05, 3.63) is 59.4 Å². The minimum Gasteiger partial charge on any atom is -0.325 e. The van der Waals surface area contributed by atoms with Crippen LogP contribution in [0.1, 0.15) is 28.5 Å². The first kappa shape index (κ1) is 18.9. The van der Waals surface area contributed by atoms with Crippen LogP contribution in [0.3, 0.4) is 0 Å². The highest BCUT2D eigenvalue weighted by Crippen LogP contribution is 2.41. The number of amides is 1. The second-order valence-corrected chi connectivity index (χ2v) is 8.93. The lowest BCUT2D eigenvalue weighted by atomic mass is 9.95. The van der Waals surface area contributed by atoms with Crippen molar-refractivity contribution in [3.63, 3.8) is 0 Å². The quantitative estimate of drug-likeness (QED) is 0.761. The summed E-state index contributed by atoms with van der Waals surface area (Å²) < 4.78 is 66.1. The predicted molar refractivity (Wildman–Crippen MR) is 92.8 cm³/mol. The Morgan fingerprint density at radius 2 is 1.89 bits per heavy atom. The number of sulfonamides is 1. The maximum absolute atomic E-state index is 13.0. The Kier molecular flexibility index (Phi) is 4.06. The minimum atomic E-state index is -4.64. The molecule has 0 bridgehead atoms. The Bertz CT molecular complexity index is 1070. The fraction of sp³-hybridized carbons (Fsp3) is 0.333. The third-order valence-corrected chi connectivity index (χ3v) is 7.09. The molecule has 2 aromatic rings. The van der Waals surface area contributed by atoms with E-state index in [1.807, 2.05) is 0 Å². The molecule has 1 fully saturated rings. The van der Waals surface area contributed by atoms with E-state index in [0.29, 0.717) is 17.3 Å². The Labute approximate surface area is 159 Å². The van der Waals surface area contributed by atoms with Gasteiger partial charge in [-0.25, -0.2) is 8.42 Å². The van der Waals surface area contributed by atoms with Gasteiger partial charge in [-0.2, -0.15) is 17.5 Å². The summed E-state index contributed by atoms with van der Waals surface area (Å²) in [5.41, 5.74) is -1.10. The topological polar surface area (TPSA) is 70.6 Å². The molecule has 0 aliphatic carbocycles. The first-order chi connectivity index (χ1) is 13.0. The van der Waals surface area contributed by atoms with E-state index in [0.717, 1.165) is 22.5 Å². The van der Waals surface area contributed by atoms with Crippen LogP contribution in [0.4, 0.5) is 13.2 Å². The largest absolute Gasteiger partial charge is 0.416 e. The number of halogens is 3. The van der Waals surface area contributed by atoms with Gasteiger partial charge in [0.15, 0.2) is 0 Å². The molecule has 10 heteroatoms. The average Bonchev–Trinajstić information content (AvgIpc) is 2.88. The smallest absolute Gasteiger partial charge is 0.325 e. The van der Waals surface area contributed by atoms with E-state index < -0.39 is 32.2 Å². The molecule has 1 aromatic carbocycles. The number of piperazine rings is 1. The summed E-state index contributed by atoms with van der Waals surface area (Å²) in [5, 5.41) is 0. The van der Waals surface area contributed by atoms with Gasteiger partial charge >= 0.3 is 6.18 Å². The molecule has 0 spiro atoms. The van der Waals surface area contributed by atoms with Crippen LogP contribution in [0.5, 0.6) is 0 Å². The molecule has 0 radical (unpaired) electrons. The second-order valence-electron chi connectivity index (χ2n) is 6.99. The van der Waals surface area contributed by atoms with Crippen molar-refractivity contribution < 1.29 is 26.4 Å². The molecule has 3 heterocycles. The van der Waals surface area contributed by atoms with Gasteiger partial charge in [0.25, 0.3) is 5.91 Å². The number of nitrogens with zero attached hydrogens (tertiary/aromatic N) is 3. The number of hydrogen-bond acceptors (Lipinski definition) is 4. The summed E-state index contributed by atoms with van der Waals surface area (Å²) >= 11 is 0. The number of rotatable bonds is 2. The molecular formula is C18H16F3N3O3S. The number of carbonyl (C=O) groups excluding carboxylic acids is 1. The van der Waals surface area contributed by atoms with Gasteiger partial charge in [-0.3, -0.25) is 9.78 Å². The summed E-state index contributed by atoms with van der Waals surface area (Å²) in [6, 6.07) is 6.95. The molecule has 28 heavy (non-hydrogen) atoms.